The minimum atomic E-state index is -5.08. The summed E-state index contributed by atoms with van der Waals surface area (Å²) in [5.41, 5.74) is 5.86. The highest BCUT2D eigenvalue weighted by molar-refractivity contribution is 5.81. The number of fused-ring (bicyclic) bond motifs is 1. The summed E-state index contributed by atoms with van der Waals surface area (Å²) < 4.78 is 31.7. The Morgan fingerprint density at radius 2 is 1.76 bits per heavy atom. The second-order valence-corrected chi connectivity index (χ2v) is 6.99. The minimum Gasteiger partial charge on any atom is -0.475 e. The van der Waals surface area contributed by atoms with Crippen LogP contribution in [0.1, 0.15) is 25.8 Å². The summed E-state index contributed by atoms with van der Waals surface area (Å²) in [6.45, 7) is 6.53. The van der Waals surface area contributed by atoms with E-state index in [1.54, 1.807) is 6.33 Å². The number of nitrogens with zero attached hydrogens (tertiary/aromatic N) is 1. The number of aromatic amines is 1. The summed E-state index contributed by atoms with van der Waals surface area (Å²) in [7, 11) is 0. The summed E-state index contributed by atoms with van der Waals surface area (Å²) in [6, 6.07) is 15.1. The van der Waals surface area contributed by atoms with Crippen molar-refractivity contribution in [2.45, 2.75) is 33.0 Å². The zero-order valence-corrected chi connectivity index (χ0v) is 16.3. The number of aromatic nitrogens is 2. The van der Waals surface area contributed by atoms with E-state index in [0.717, 1.165) is 30.0 Å². The van der Waals surface area contributed by atoms with E-state index in [1.807, 2.05) is 0 Å². The molecule has 3 N–H and O–H groups in total. The number of hydrogen-bond acceptors (Lipinski definition) is 3. The van der Waals surface area contributed by atoms with Crippen molar-refractivity contribution in [2.24, 2.45) is 5.92 Å². The molecule has 156 valence electrons. The predicted molar refractivity (Wildman–Crippen MR) is 106 cm³/mol. The molecule has 0 spiro atoms. The summed E-state index contributed by atoms with van der Waals surface area (Å²) in [4.78, 5) is 16.3. The Morgan fingerprint density at radius 3 is 2.34 bits per heavy atom. The average Bonchev–Trinajstić information content (AvgIpc) is 3.13. The van der Waals surface area contributed by atoms with Gasteiger partial charge in [0.2, 0.25) is 0 Å². The van der Waals surface area contributed by atoms with Gasteiger partial charge in [0.05, 0.1) is 17.4 Å². The van der Waals surface area contributed by atoms with Gasteiger partial charge >= 0.3 is 12.1 Å². The fourth-order valence-corrected chi connectivity index (χ4v) is 2.55. The highest BCUT2D eigenvalue weighted by Gasteiger charge is 2.38. The number of rotatable bonds is 6. The molecule has 8 heteroatoms. The molecule has 0 radical (unpaired) electrons. The number of carbonyl (C=O) groups is 1. The van der Waals surface area contributed by atoms with E-state index in [4.69, 9.17) is 9.90 Å². The number of hydrogen-bond donors (Lipinski definition) is 3. The maximum Gasteiger partial charge on any atom is 0.490 e. The topological polar surface area (TPSA) is 78.0 Å². The summed E-state index contributed by atoms with van der Waals surface area (Å²) in [6.07, 6.45) is -2.12. The number of halogens is 3. The van der Waals surface area contributed by atoms with Gasteiger partial charge in [0, 0.05) is 6.54 Å². The monoisotopic (exact) mass is 407 g/mol. The molecule has 0 fully saturated rings. The summed E-state index contributed by atoms with van der Waals surface area (Å²) >= 11 is 0. The number of H-pyrrole nitrogens is 1. The van der Waals surface area contributed by atoms with Crippen LogP contribution < -0.4 is 5.32 Å². The van der Waals surface area contributed by atoms with Gasteiger partial charge in [-0.05, 0) is 47.7 Å². The van der Waals surface area contributed by atoms with Crippen LogP contribution in [-0.2, 0) is 11.3 Å². The van der Waals surface area contributed by atoms with Crippen molar-refractivity contribution in [3.05, 3.63) is 54.4 Å². The summed E-state index contributed by atoms with van der Waals surface area (Å²) in [5.74, 6) is -2.00. The first-order valence-corrected chi connectivity index (χ1v) is 9.20. The molecule has 3 rings (SSSR count). The van der Waals surface area contributed by atoms with Gasteiger partial charge in [-0.1, -0.05) is 44.2 Å². The Balaban J connectivity index is 0.000000370. The van der Waals surface area contributed by atoms with Crippen LogP contribution in [0.3, 0.4) is 0 Å². The molecule has 1 heterocycles. The molecule has 0 amide bonds. The molecule has 0 saturated carbocycles. The van der Waals surface area contributed by atoms with E-state index in [2.05, 4.69) is 71.6 Å². The number of imidazole rings is 1. The van der Waals surface area contributed by atoms with Gasteiger partial charge in [-0.25, -0.2) is 9.78 Å². The molecule has 3 aromatic rings. The van der Waals surface area contributed by atoms with Crippen LogP contribution in [0.15, 0.2) is 48.8 Å². The van der Waals surface area contributed by atoms with E-state index in [0.29, 0.717) is 0 Å². The van der Waals surface area contributed by atoms with E-state index in [-0.39, 0.29) is 0 Å². The third-order valence-corrected chi connectivity index (χ3v) is 4.18. The highest BCUT2D eigenvalue weighted by Crippen LogP contribution is 2.23. The molecule has 0 bridgehead atoms. The van der Waals surface area contributed by atoms with Gasteiger partial charge < -0.3 is 15.4 Å². The third-order valence-electron chi connectivity index (χ3n) is 4.18. The number of aliphatic carboxylic acids is 1. The molecule has 5 nitrogen and oxygen atoms in total. The first kappa shape index (κ1) is 22.4. The van der Waals surface area contributed by atoms with Crippen LogP contribution in [0.4, 0.5) is 13.2 Å². The molecule has 0 atom stereocenters. The summed E-state index contributed by atoms with van der Waals surface area (Å²) in [5, 5.41) is 10.6. The Labute approximate surface area is 167 Å². The average molecular weight is 407 g/mol. The molecule has 0 aliphatic rings. The lowest BCUT2D eigenvalue weighted by Gasteiger charge is -2.08. The number of alkyl halides is 3. The van der Waals surface area contributed by atoms with Crippen molar-refractivity contribution in [1.29, 1.82) is 0 Å². The first-order valence-electron chi connectivity index (χ1n) is 9.20. The fourth-order valence-electron chi connectivity index (χ4n) is 2.55. The normalized spacial score (nSPS) is 11.4. The Morgan fingerprint density at radius 1 is 1.14 bits per heavy atom. The van der Waals surface area contributed by atoms with Crippen molar-refractivity contribution >= 4 is 17.0 Å². The van der Waals surface area contributed by atoms with Gasteiger partial charge in [0.15, 0.2) is 0 Å². The Bertz CT molecular complexity index is 919. The lowest BCUT2D eigenvalue weighted by atomic mass is 10.0. The largest absolute Gasteiger partial charge is 0.490 e. The van der Waals surface area contributed by atoms with Crippen LogP contribution in [0, 0.1) is 5.92 Å². The van der Waals surface area contributed by atoms with Gasteiger partial charge in [-0.2, -0.15) is 13.2 Å². The minimum absolute atomic E-state index is 0.756. The molecule has 0 aliphatic carbocycles. The quantitative estimate of drug-likeness (QED) is 0.503. The number of carboxylic acid groups (broad SMARTS) is 1. The molecule has 0 saturated heterocycles. The van der Waals surface area contributed by atoms with E-state index >= 15 is 0 Å². The SMILES string of the molecule is CC(C)CCNCc1ccc(-c2ccc3[nH]cnc3c2)cc1.O=C(O)C(F)(F)F. The lowest BCUT2D eigenvalue weighted by molar-refractivity contribution is -0.192. The molecule has 2 aromatic carbocycles. The first-order chi connectivity index (χ1) is 13.7. The van der Waals surface area contributed by atoms with Gasteiger partial charge in [0.1, 0.15) is 0 Å². The molecular formula is C21H24F3N3O2. The van der Waals surface area contributed by atoms with Crippen LogP contribution in [-0.4, -0.2) is 33.8 Å². The van der Waals surface area contributed by atoms with Crippen LogP contribution in [0.25, 0.3) is 22.2 Å². The number of nitrogens with one attached hydrogen (secondary N) is 2. The Hall–Kier alpha value is -2.87. The maximum atomic E-state index is 10.6. The predicted octanol–water partition coefficient (Wildman–Crippen LogP) is 5.00. The van der Waals surface area contributed by atoms with Crippen molar-refractivity contribution < 1.29 is 23.1 Å². The van der Waals surface area contributed by atoms with Crippen molar-refractivity contribution in [1.82, 2.24) is 15.3 Å². The highest BCUT2D eigenvalue weighted by atomic mass is 19.4. The standard InChI is InChI=1S/C19H23N3.C2HF3O2/c1-14(2)9-10-20-12-15-3-5-16(6-4-15)17-7-8-18-19(11-17)22-13-21-18;3-2(4,5)1(6)7/h3-8,11,13-14,20H,9-10,12H2,1-2H3,(H,21,22);(H,6,7). The molecule has 0 unspecified atom stereocenters. The van der Waals surface area contributed by atoms with E-state index < -0.39 is 12.1 Å². The van der Waals surface area contributed by atoms with Crippen molar-refractivity contribution in [2.75, 3.05) is 6.54 Å². The molecular weight excluding hydrogens is 383 g/mol. The Kier molecular flexibility index (Phi) is 7.78. The lowest BCUT2D eigenvalue weighted by Crippen LogP contribution is -2.21. The van der Waals surface area contributed by atoms with Crippen LogP contribution >= 0.6 is 0 Å². The van der Waals surface area contributed by atoms with Gasteiger partial charge in [0.25, 0.3) is 0 Å². The molecule has 29 heavy (non-hydrogen) atoms. The zero-order chi connectivity index (χ0) is 21.4. The number of carboxylic acids is 1. The molecule has 1 aromatic heterocycles. The second-order valence-electron chi connectivity index (χ2n) is 6.99. The van der Waals surface area contributed by atoms with Crippen molar-refractivity contribution in [3.8, 4) is 11.1 Å². The fraction of sp³-hybridized carbons (Fsp3) is 0.333. The van der Waals surface area contributed by atoms with Crippen LogP contribution in [0.2, 0.25) is 0 Å². The van der Waals surface area contributed by atoms with Gasteiger partial charge in [-0.15, -0.1) is 0 Å². The molecule has 0 aliphatic heterocycles. The smallest absolute Gasteiger partial charge is 0.475 e. The zero-order valence-electron chi connectivity index (χ0n) is 16.3. The maximum absolute atomic E-state index is 10.6. The third kappa shape index (κ3) is 7.23. The van der Waals surface area contributed by atoms with Crippen LogP contribution in [0.5, 0.6) is 0 Å². The van der Waals surface area contributed by atoms with Crippen molar-refractivity contribution in [3.63, 3.8) is 0 Å². The second kappa shape index (κ2) is 10.1. The van der Waals surface area contributed by atoms with Gasteiger partial charge in [-0.3, -0.25) is 0 Å². The number of benzene rings is 2. The van der Waals surface area contributed by atoms with E-state index in [1.165, 1.54) is 23.1 Å². The van der Waals surface area contributed by atoms with E-state index in [9.17, 15) is 13.2 Å².